The van der Waals surface area contributed by atoms with Gasteiger partial charge in [-0.25, -0.2) is 0 Å². The van der Waals surface area contributed by atoms with E-state index in [-0.39, 0.29) is 0 Å². The minimum atomic E-state index is 1.06. The fraction of sp³-hybridized carbons (Fsp3) is 1.00. The largest absolute Gasteiger partial charge is 0.179 e. The zero-order valence-corrected chi connectivity index (χ0v) is 11.8. The molecule has 2 heteroatoms. The second-order valence-electron chi connectivity index (χ2n) is 3.95. The highest BCUT2D eigenvalue weighted by atomic mass is 79.9. The Morgan fingerprint density at radius 3 is 1.29 bits per heavy atom. The maximum Gasteiger partial charge on any atom is 0.00313 e. The summed E-state index contributed by atoms with van der Waals surface area (Å²) in [5.74, 6) is 1.06. The van der Waals surface area contributed by atoms with Crippen LogP contribution in [-0.4, -0.2) is 11.1 Å². The molecular weight excluding hydrogens is 256 g/mol. The number of hydrogen-bond donors (Lipinski definition) is 1. The molecule has 0 heterocycles. The van der Waals surface area contributed by atoms with Crippen molar-refractivity contribution in [1.29, 1.82) is 0 Å². The number of thiol groups is 1. The van der Waals surface area contributed by atoms with E-state index in [0.29, 0.717) is 0 Å². The number of alkyl halides is 1. The fourth-order valence-corrected chi connectivity index (χ4v) is 2.24. The molecule has 0 aliphatic heterocycles. The molecule has 0 amide bonds. The van der Waals surface area contributed by atoms with Crippen molar-refractivity contribution in [3.05, 3.63) is 0 Å². The molecule has 0 fully saturated rings. The standard InChI is InChI=1S/C12H25BrS/c13-11-9-7-5-3-1-2-4-6-8-10-12-14/h14H,1-12H2. The van der Waals surface area contributed by atoms with Crippen molar-refractivity contribution in [2.45, 2.75) is 64.2 Å². The van der Waals surface area contributed by atoms with E-state index in [1.54, 1.807) is 0 Å². The van der Waals surface area contributed by atoms with E-state index in [4.69, 9.17) is 0 Å². The highest BCUT2D eigenvalue weighted by molar-refractivity contribution is 9.09. The van der Waals surface area contributed by atoms with E-state index in [1.807, 2.05) is 0 Å². The first-order chi connectivity index (χ1) is 6.91. The van der Waals surface area contributed by atoms with Crippen molar-refractivity contribution in [3.63, 3.8) is 0 Å². The first-order valence-corrected chi connectivity index (χ1v) is 7.84. The van der Waals surface area contributed by atoms with Gasteiger partial charge in [-0.05, 0) is 18.6 Å². The second kappa shape index (κ2) is 13.8. The highest BCUT2D eigenvalue weighted by Crippen LogP contribution is 2.11. The van der Waals surface area contributed by atoms with Gasteiger partial charge in [0.2, 0.25) is 0 Å². The van der Waals surface area contributed by atoms with Crippen LogP contribution in [-0.2, 0) is 0 Å². The molecule has 0 unspecified atom stereocenters. The van der Waals surface area contributed by atoms with E-state index in [1.165, 1.54) is 69.5 Å². The number of unbranched alkanes of at least 4 members (excludes halogenated alkanes) is 9. The Morgan fingerprint density at radius 2 is 0.929 bits per heavy atom. The lowest BCUT2D eigenvalue weighted by Crippen LogP contribution is -1.82. The van der Waals surface area contributed by atoms with E-state index in [9.17, 15) is 0 Å². The lowest BCUT2D eigenvalue weighted by molar-refractivity contribution is 0.564. The van der Waals surface area contributed by atoms with Gasteiger partial charge in [0.1, 0.15) is 0 Å². The molecule has 0 spiro atoms. The first-order valence-electron chi connectivity index (χ1n) is 6.08. The molecule has 0 saturated carbocycles. The Balaban J connectivity index is 2.78. The minimum Gasteiger partial charge on any atom is -0.179 e. The average Bonchev–Trinajstić information content (AvgIpc) is 2.21. The molecule has 0 N–H and O–H groups in total. The highest BCUT2D eigenvalue weighted by Gasteiger charge is 1.91. The predicted octanol–water partition coefficient (Wildman–Crippen LogP) is 5.21. The predicted molar refractivity (Wildman–Crippen MR) is 73.8 cm³/mol. The summed E-state index contributed by atoms with van der Waals surface area (Å²) in [6.07, 6.45) is 14.1. The Hall–Kier alpha value is 0.830. The normalized spacial score (nSPS) is 10.7. The van der Waals surface area contributed by atoms with Crippen molar-refractivity contribution < 1.29 is 0 Å². The van der Waals surface area contributed by atoms with E-state index in [0.717, 1.165) is 5.75 Å². The summed E-state index contributed by atoms with van der Waals surface area (Å²) < 4.78 is 0. The van der Waals surface area contributed by atoms with Gasteiger partial charge in [-0.15, -0.1) is 0 Å². The summed E-state index contributed by atoms with van der Waals surface area (Å²) in [7, 11) is 0. The molecule has 0 saturated heterocycles. The number of rotatable bonds is 11. The van der Waals surface area contributed by atoms with Crippen LogP contribution in [0.4, 0.5) is 0 Å². The molecule has 0 aromatic heterocycles. The lowest BCUT2D eigenvalue weighted by atomic mass is 10.1. The van der Waals surface area contributed by atoms with Crippen LogP contribution in [0, 0.1) is 0 Å². The third kappa shape index (κ3) is 12.8. The molecule has 0 atom stereocenters. The third-order valence-electron chi connectivity index (χ3n) is 2.54. The van der Waals surface area contributed by atoms with Gasteiger partial charge in [0.05, 0.1) is 0 Å². The summed E-state index contributed by atoms with van der Waals surface area (Å²) >= 11 is 7.67. The summed E-state index contributed by atoms with van der Waals surface area (Å²) in [5.41, 5.74) is 0. The van der Waals surface area contributed by atoms with Crippen LogP contribution >= 0.6 is 28.6 Å². The van der Waals surface area contributed by atoms with Crippen LogP contribution in [0.25, 0.3) is 0 Å². The van der Waals surface area contributed by atoms with Crippen molar-refractivity contribution in [2.24, 2.45) is 0 Å². The zero-order valence-electron chi connectivity index (χ0n) is 9.31. The number of hydrogen-bond acceptors (Lipinski definition) is 1. The maximum absolute atomic E-state index is 4.21. The molecule has 0 aliphatic carbocycles. The summed E-state index contributed by atoms with van der Waals surface area (Å²) in [5, 5.41) is 1.18. The molecule has 0 aromatic carbocycles. The van der Waals surface area contributed by atoms with Crippen molar-refractivity contribution in [3.8, 4) is 0 Å². The van der Waals surface area contributed by atoms with Gasteiger partial charge in [-0.1, -0.05) is 67.3 Å². The van der Waals surface area contributed by atoms with Crippen LogP contribution in [0.2, 0.25) is 0 Å². The summed E-state index contributed by atoms with van der Waals surface area (Å²) in [6, 6.07) is 0. The topological polar surface area (TPSA) is 0 Å². The Bertz CT molecular complexity index is 84.3. The van der Waals surface area contributed by atoms with E-state index >= 15 is 0 Å². The fourth-order valence-electron chi connectivity index (χ4n) is 1.62. The Morgan fingerprint density at radius 1 is 0.571 bits per heavy atom. The second-order valence-corrected chi connectivity index (χ2v) is 5.19. The van der Waals surface area contributed by atoms with Crippen molar-refractivity contribution in [2.75, 3.05) is 11.1 Å². The van der Waals surface area contributed by atoms with Crippen LogP contribution in [0.15, 0.2) is 0 Å². The quantitative estimate of drug-likeness (QED) is 0.300. The lowest BCUT2D eigenvalue weighted by Gasteiger charge is -2.01. The van der Waals surface area contributed by atoms with Gasteiger partial charge in [-0.3, -0.25) is 0 Å². The van der Waals surface area contributed by atoms with Crippen molar-refractivity contribution in [1.82, 2.24) is 0 Å². The maximum atomic E-state index is 4.21. The van der Waals surface area contributed by atoms with Gasteiger partial charge in [0, 0.05) is 5.33 Å². The molecule has 0 aliphatic rings. The summed E-state index contributed by atoms with van der Waals surface area (Å²) in [4.78, 5) is 0. The summed E-state index contributed by atoms with van der Waals surface area (Å²) in [6.45, 7) is 0. The van der Waals surface area contributed by atoms with Gasteiger partial charge in [0.25, 0.3) is 0 Å². The molecule has 0 aromatic rings. The molecular formula is C12H25BrS. The molecule has 86 valence electrons. The molecule has 0 nitrogen and oxygen atoms in total. The molecule has 0 rings (SSSR count). The third-order valence-corrected chi connectivity index (χ3v) is 3.42. The Kier molecular flexibility index (Phi) is 14.6. The molecule has 14 heavy (non-hydrogen) atoms. The van der Waals surface area contributed by atoms with Crippen LogP contribution in [0.1, 0.15) is 64.2 Å². The van der Waals surface area contributed by atoms with E-state index in [2.05, 4.69) is 28.6 Å². The monoisotopic (exact) mass is 280 g/mol. The van der Waals surface area contributed by atoms with Gasteiger partial charge >= 0.3 is 0 Å². The average molecular weight is 281 g/mol. The van der Waals surface area contributed by atoms with Crippen LogP contribution < -0.4 is 0 Å². The first kappa shape index (κ1) is 14.8. The number of halogens is 1. The zero-order chi connectivity index (χ0) is 10.5. The Labute approximate surface area is 104 Å². The van der Waals surface area contributed by atoms with Gasteiger partial charge < -0.3 is 0 Å². The van der Waals surface area contributed by atoms with Gasteiger partial charge in [0.15, 0.2) is 0 Å². The van der Waals surface area contributed by atoms with E-state index < -0.39 is 0 Å². The molecule has 0 bridgehead atoms. The van der Waals surface area contributed by atoms with Crippen molar-refractivity contribution >= 4 is 28.6 Å². The SMILES string of the molecule is SCCCCCCCCCCCCBr. The smallest absolute Gasteiger partial charge is 0.00313 e. The van der Waals surface area contributed by atoms with Crippen LogP contribution in [0.5, 0.6) is 0 Å². The minimum absolute atomic E-state index is 1.06. The van der Waals surface area contributed by atoms with Gasteiger partial charge in [-0.2, -0.15) is 12.6 Å². The van der Waals surface area contributed by atoms with Crippen LogP contribution in [0.3, 0.4) is 0 Å². The molecule has 0 radical (unpaired) electrons.